The molecule has 1 atom stereocenters. The summed E-state index contributed by atoms with van der Waals surface area (Å²) in [7, 11) is 0. The number of nitrogens with zero attached hydrogens (tertiary/aromatic N) is 3. The second-order valence-corrected chi connectivity index (χ2v) is 7.27. The third-order valence-electron chi connectivity index (χ3n) is 4.87. The van der Waals surface area contributed by atoms with Gasteiger partial charge in [0, 0.05) is 17.8 Å². The minimum Gasteiger partial charge on any atom is -0.351 e. The first-order chi connectivity index (χ1) is 12.9. The number of alkyl halides is 3. The average molecular weight is 397 g/mol. The van der Waals surface area contributed by atoms with Crippen molar-refractivity contribution >= 4 is 23.8 Å². The van der Waals surface area contributed by atoms with E-state index in [1.807, 2.05) is 18.2 Å². The summed E-state index contributed by atoms with van der Waals surface area (Å²) in [6, 6.07) is -0.0467. The van der Waals surface area contributed by atoms with E-state index in [9.17, 15) is 18.0 Å². The topological polar surface area (TPSA) is 71.3 Å². The number of hydrogen-bond donors (Lipinski definition) is 2. The van der Waals surface area contributed by atoms with Gasteiger partial charge in [-0.15, -0.1) is 0 Å². The Morgan fingerprint density at radius 1 is 1.37 bits per heavy atom. The minimum absolute atomic E-state index is 0.0467. The average Bonchev–Trinajstić information content (AvgIpc) is 3.25. The summed E-state index contributed by atoms with van der Waals surface area (Å²) in [5.74, 6) is -0.362. The third-order valence-corrected chi connectivity index (χ3v) is 5.52. The molecule has 0 saturated heterocycles. The highest BCUT2D eigenvalue weighted by Gasteiger charge is 2.39. The van der Waals surface area contributed by atoms with Crippen LogP contribution in [0.4, 0.5) is 13.2 Å². The lowest BCUT2D eigenvalue weighted by molar-refractivity contribution is -0.142. The molecule has 1 unspecified atom stereocenters. The van der Waals surface area contributed by atoms with Gasteiger partial charge in [-0.2, -0.15) is 18.3 Å². The summed E-state index contributed by atoms with van der Waals surface area (Å²) in [5, 5.41) is 6.50. The molecule has 10 heteroatoms. The first-order valence-corrected chi connectivity index (χ1v) is 9.50. The maximum Gasteiger partial charge on any atom is 0.435 e. The van der Waals surface area contributed by atoms with Gasteiger partial charge in [-0.25, -0.2) is 9.12 Å². The van der Waals surface area contributed by atoms with Gasteiger partial charge in [0.25, 0.3) is 0 Å². The first kappa shape index (κ1) is 18.3. The Morgan fingerprint density at radius 2 is 2.19 bits per heavy atom. The van der Waals surface area contributed by atoms with E-state index in [0.29, 0.717) is 31.5 Å². The number of hydrogen-bond acceptors (Lipinski definition) is 5. The molecule has 2 N–H and O–H groups in total. The Hall–Kier alpha value is -2.07. The Labute approximate surface area is 158 Å². The van der Waals surface area contributed by atoms with Crippen LogP contribution in [0.2, 0.25) is 0 Å². The van der Waals surface area contributed by atoms with Gasteiger partial charge in [-0.1, -0.05) is 12.2 Å². The zero-order valence-corrected chi connectivity index (χ0v) is 15.2. The highest BCUT2D eigenvalue weighted by molar-refractivity contribution is 7.96. The Kier molecular flexibility index (Phi) is 4.85. The largest absolute Gasteiger partial charge is 0.435 e. The predicted octanol–water partition coefficient (Wildman–Crippen LogP) is 2.37. The number of fused-ring (bicyclic) bond motifs is 2. The van der Waals surface area contributed by atoms with Crippen LogP contribution in [0.3, 0.4) is 0 Å². The van der Waals surface area contributed by atoms with Gasteiger partial charge in [-0.05, 0) is 37.3 Å². The number of nitrogens with one attached hydrogen (secondary N) is 2. The van der Waals surface area contributed by atoms with E-state index >= 15 is 0 Å². The van der Waals surface area contributed by atoms with Gasteiger partial charge < -0.3 is 5.32 Å². The highest BCUT2D eigenvalue weighted by Crippen LogP contribution is 2.35. The lowest BCUT2D eigenvalue weighted by Gasteiger charge is -2.19. The van der Waals surface area contributed by atoms with Crippen LogP contribution >= 0.6 is 12.1 Å². The molecule has 1 amide bonds. The molecule has 0 fully saturated rings. The molecular weight excluding hydrogens is 379 g/mol. The highest BCUT2D eigenvalue weighted by atomic mass is 32.2. The fourth-order valence-electron chi connectivity index (χ4n) is 3.59. The normalized spacial score (nSPS) is 21.4. The van der Waals surface area contributed by atoms with Crippen LogP contribution in [0, 0.1) is 0 Å². The number of amides is 1. The first-order valence-electron chi connectivity index (χ1n) is 8.72. The van der Waals surface area contributed by atoms with Crippen LogP contribution in [-0.2, 0) is 30.4 Å². The maximum absolute atomic E-state index is 13.2. The van der Waals surface area contributed by atoms with Crippen molar-refractivity contribution in [3.05, 3.63) is 40.8 Å². The molecule has 1 aromatic heterocycles. The van der Waals surface area contributed by atoms with Crippen molar-refractivity contribution < 1.29 is 18.0 Å². The molecule has 0 radical (unpaired) electrons. The number of halogens is 3. The Bertz CT molecular complexity index is 855. The summed E-state index contributed by atoms with van der Waals surface area (Å²) in [4.78, 5) is 12.3. The minimum atomic E-state index is -4.50. The maximum atomic E-state index is 13.2. The van der Waals surface area contributed by atoms with E-state index in [1.165, 1.54) is 16.8 Å². The van der Waals surface area contributed by atoms with Gasteiger partial charge in [0.2, 0.25) is 5.91 Å². The molecule has 0 saturated carbocycles. The molecule has 2 aliphatic carbocycles. The molecule has 0 aromatic carbocycles. The number of carbonyl (C=O) groups excluding carboxylic acids is 1. The van der Waals surface area contributed by atoms with Gasteiger partial charge >= 0.3 is 6.18 Å². The molecule has 2 heterocycles. The number of aromatic nitrogens is 2. The number of carbonyl (C=O) groups is 1. The summed E-state index contributed by atoms with van der Waals surface area (Å²) in [6.07, 6.45) is 3.57. The number of allylic oxidation sites excluding steroid dienone is 2. The summed E-state index contributed by atoms with van der Waals surface area (Å²) in [6.45, 7) is 0.0886. The molecule has 6 nitrogen and oxygen atoms in total. The van der Waals surface area contributed by atoms with Crippen molar-refractivity contribution in [2.75, 3.05) is 6.54 Å². The zero-order valence-electron chi connectivity index (χ0n) is 14.3. The van der Waals surface area contributed by atoms with Gasteiger partial charge in [0.15, 0.2) is 5.69 Å². The fourth-order valence-corrected chi connectivity index (χ4v) is 4.29. The van der Waals surface area contributed by atoms with E-state index < -0.39 is 11.9 Å². The van der Waals surface area contributed by atoms with Crippen molar-refractivity contribution in [1.82, 2.24) is 19.8 Å². The second kappa shape index (κ2) is 7.16. The third kappa shape index (κ3) is 3.68. The Balaban J connectivity index is 1.44. The molecule has 27 heavy (non-hydrogen) atoms. The smallest absolute Gasteiger partial charge is 0.351 e. The van der Waals surface area contributed by atoms with E-state index in [4.69, 9.17) is 0 Å². The lowest BCUT2D eigenvalue weighted by atomic mass is 9.95. The van der Waals surface area contributed by atoms with Crippen molar-refractivity contribution in [3.63, 3.8) is 0 Å². The summed E-state index contributed by atoms with van der Waals surface area (Å²) in [5.41, 5.74) is 1.77. The quantitative estimate of drug-likeness (QED) is 0.766. The molecule has 1 aliphatic heterocycles. The summed E-state index contributed by atoms with van der Waals surface area (Å²) < 4.78 is 48.3. The van der Waals surface area contributed by atoms with Crippen LogP contribution in [0.15, 0.2) is 28.2 Å². The van der Waals surface area contributed by atoms with Crippen LogP contribution in [0.1, 0.15) is 29.8 Å². The second-order valence-electron chi connectivity index (χ2n) is 6.67. The monoisotopic (exact) mass is 397 g/mol. The fraction of sp³-hybridized carbons (Fsp3) is 0.471. The molecule has 3 aliphatic rings. The van der Waals surface area contributed by atoms with Gasteiger partial charge in [0.05, 0.1) is 23.9 Å². The lowest BCUT2D eigenvalue weighted by Crippen LogP contribution is -2.38. The Morgan fingerprint density at radius 3 is 3.00 bits per heavy atom. The molecule has 4 rings (SSSR count). The molecular formula is C17H18F3N5OS. The van der Waals surface area contributed by atoms with Crippen LogP contribution in [0.25, 0.3) is 0 Å². The molecule has 0 bridgehead atoms. The molecule has 1 aromatic rings. The number of rotatable bonds is 4. The van der Waals surface area contributed by atoms with Gasteiger partial charge in [-0.3, -0.25) is 9.48 Å². The van der Waals surface area contributed by atoms with Crippen LogP contribution in [-0.4, -0.2) is 34.0 Å². The van der Waals surface area contributed by atoms with E-state index in [1.54, 1.807) is 0 Å². The standard InChI is InChI=1S/C17H18F3N5OS/c18-17(19,20)16-11-5-1-2-7-13(11)25(22-16)9-14(26)21-8-10-4-3-6-12-15(10)24-27-23-12/h3-4,6,15,24H,1-2,5,7-9H2,(H,21,26). The predicted molar refractivity (Wildman–Crippen MR) is 96.1 cm³/mol. The van der Waals surface area contributed by atoms with Crippen molar-refractivity contribution in [1.29, 1.82) is 0 Å². The van der Waals surface area contributed by atoms with Crippen molar-refractivity contribution in [2.24, 2.45) is 4.40 Å². The zero-order chi connectivity index (χ0) is 19.0. The SMILES string of the molecule is O=C(Cn1nc(C(F)(F)F)c2c1CCCC2)NCC1=CC=CC2=NSNC12. The van der Waals surface area contributed by atoms with Crippen molar-refractivity contribution in [2.45, 2.75) is 44.4 Å². The van der Waals surface area contributed by atoms with Crippen molar-refractivity contribution in [3.8, 4) is 0 Å². The van der Waals surface area contributed by atoms with E-state index in [2.05, 4.69) is 19.5 Å². The van der Waals surface area contributed by atoms with E-state index in [-0.39, 0.29) is 24.1 Å². The summed E-state index contributed by atoms with van der Waals surface area (Å²) >= 11 is 1.25. The van der Waals surface area contributed by atoms with Gasteiger partial charge in [0.1, 0.15) is 6.54 Å². The van der Waals surface area contributed by atoms with Crippen LogP contribution < -0.4 is 10.0 Å². The molecule has 144 valence electrons. The van der Waals surface area contributed by atoms with Crippen LogP contribution in [0.5, 0.6) is 0 Å². The van der Waals surface area contributed by atoms with E-state index in [0.717, 1.165) is 17.7 Å². The molecule has 0 spiro atoms.